The van der Waals surface area contributed by atoms with Crippen LogP contribution in [0.15, 0.2) is 65.5 Å². The summed E-state index contributed by atoms with van der Waals surface area (Å²) in [6.45, 7) is 2.92. The Morgan fingerprint density at radius 2 is 1.75 bits per heavy atom. The van der Waals surface area contributed by atoms with Crippen molar-refractivity contribution < 1.29 is 0 Å². The van der Waals surface area contributed by atoms with E-state index in [2.05, 4.69) is 32.5 Å². The molecule has 2 aromatic carbocycles. The quantitative estimate of drug-likeness (QED) is 0.576. The number of hydrogen-bond acceptors (Lipinski definition) is 5. The van der Waals surface area contributed by atoms with Gasteiger partial charge in [-0.15, -0.1) is 0 Å². The van der Waals surface area contributed by atoms with Crippen molar-refractivity contribution in [2.24, 2.45) is 0 Å². The van der Waals surface area contributed by atoms with Crippen molar-refractivity contribution in [3.63, 3.8) is 0 Å². The summed E-state index contributed by atoms with van der Waals surface area (Å²) in [5.41, 5.74) is 2.62. The van der Waals surface area contributed by atoms with Gasteiger partial charge in [0.2, 0.25) is 0 Å². The van der Waals surface area contributed by atoms with Gasteiger partial charge in [-0.3, -0.25) is 19.4 Å². The fourth-order valence-electron chi connectivity index (χ4n) is 3.65. The predicted octanol–water partition coefficient (Wildman–Crippen LogP) is 2.88. The van der Waals surface area contributed by atoms with Crippen LogP contribution in [0, 0.1) is 0 Å². The maximum Gasteiger partial charge on any atom is 0.266 e. The molecule has 0 aliphatic carbocycles. The van der Waals surface area contributed by atoms with E-state index in [1.54, 1.807) is 4.57 Å². The maximum absolute atomic E-state index is 13.1. The normalized spacial score (nSPS) is 14.1. The molecule has 0 radical (unpaired) electrons. The zero-order chi connectivity index (χ0) is 18.9. The van der Waals surface area contributed by atoms with E-state index >= 15 is 0 Å². The molecule has 5 rings (SSSR count). The number of para-hydroxylation sites is 1. The highest BCUT2D eigenvalue weighted by Gasteiger charge is 2.22. The van der Waals surface area contributed by atoms with Gasteiger partial charge in [-0.05, 0) is 17.7 Å². The molecule has 28 heavy (non-hydrogen) atoms. The Kier molecular flexibility index (Phi) is 4.14. The van der Waals surface area contributed by atoms with Gasteiger partial charge in [0, 0.05) is 25.3 Å². The van der Waals surface area contributed by atoms with Gasteiger partial charge >= 0.3 is 0 Å². The smallest absolute Gasteiger partial charge is 0.266 e. The lowest BCUT2D eigenvalue weighted by molar-refractivity contribution is 0.204. The van der Waals surface area contributed by atoms with E-state index in [0.717, 1.165) is 24.6 Å². The fourth-order valence-corrected chi connectivity index (χ4v) is 3.65. The molecule has 140 valence electrons. The van der Waals surface area contributed by atoms with E-state index in [-0.39, 0.29) is 5.56 Å². The van der Waals surface area contributed by atoms with Crippen molar-refractivity contribution >= 4 is 22.5 Å². The van der Waals surface area contributed by atoms with Gasteiger partial charge in [-0.2, -0.15) is 5.10 Å². The lowest BCUT2D eigenvalue weighted by Crippen LogP contribution is -2.39. The van der Waals surface area contributed by atoms with Crippen molar-refractivity contribution in [1.82, 2.24) is 24.6 Å². The number of nitrogens with zero attached hydrogens (tertiary/aromatic N) is 4. The largest absolute Gasteiger partial charge is 0.338 e. The minimum Gasteiger partial charge on any atom is -0.338 e. The third-order valence-electron chi connectivity index (χ3n) is 5.05. The highest BCUT2D eigenvalue weighted by molar-refractivity contribution is 5.88. The van der Waals surface area contributed by atoms with Crippen LogP contribution >= 0.6 is 0 Å². The van der Waals surface area contributed by atoms with Gasteiger partial charge in [0.25, 0.3) is 5.56 Å². The topological polar surface area (TPSA) is 78.8 Å². The number of anilines is 2. The van der Waals surface area contributed by atoms with Crippen molar-refractivity contribution in [2.45, 2.75) is 19.6 Å². The number of H-pyrrole nitrogens is 1. The molecule has 3 heterocycles. The molecule has 0 atom stereocenters. The molecule has 4 aromatic rings. The summed E-state index contributed by atoms with van der Waals surface area (Å²) in [5.74, 6) is 1.29. The van der Waals surface area contributed by atoms with Gasteiger partial charge in [0.05, 0.1) is 6.54 Å². The zero-order valence-corrected chi connectivity index (χ0v) is 15.3. The van der Waals surface area contributed by atoms with Crippen LogP contribution < -0.4 is 10.9 Å². The average Bonchev–Trinajstić information content (AvgIpc) is 3.12. The summed E-state index contributed by atoms with van der Waals surface area (Å²) in [7, 11) is 0. The fraction of sp³-hybridized carbons (Fsp3) is 0.190. The van der Waals surface area contributed by atoms with E-state index in [1.807, 2.05) is 48.5 Å². The van der Waals surface area contributed by atoms with E-state index in [9.17, 15) is 4.79 Å². The highest BCUT2D eigenvalue weighted by atomic mass is 16.1. The van der Waals surface area contributed by atoms with Crippen molar-refractivity contribution in [3.8, 4) is 0 Å². The first-order chi connectivity index (χ1) is 13.8. The SMILES string of the molecule is O=c1c2c(Nc3ccccc3)n[nH]c2nc2n1CCN(Cc1ccccc1)C2. The van der Waals surface area contributed by atoms with Crippen LogP contribution in [-0.4, -0.2) is 31.2 Å². The van der Waals surface area contributed by atoms with Crippen LogP contribution in [0.1, 0.15) is 11.4 Å². The van der Waals surface area contributed by atoms with Crippen LogP contribution in [-0.2, 0) is 19.6 Å². The van der Waals surface area contributed by atoms with E-state index in [0.29, 0.717) is 29.9 Å². The summed E-state index contributed by atoms with van der Waals surface area (Å²) in [4.78, 5) is 20.1. The van der Waals surface area contributed by atoms with Crippen LogP contribution in [0.4, 0.5) is 11.5 Å². The van der Waals surface area contributed by atoms with E-state index in [1.165, 1.54) is 5.56 Å². The lowest BCUT2D eigenvalue weighted by atomic mass is 10.2. The van der Waals surface area contributed by atoms with E-state index in [4.69, 9.17) is 4.98 Å². The third-order valence-corrected chi connectivity index (χ3v) is 5.05. The number of rotatable bonds is 4. The predicted molar refractivity (Wildman–Crippen MR) is 108 cm³/mol. The molecule has 2 aromatic heterocycles. The third kappa shape index (κ3) is 3.05. The van der Waals surface area contributed by atoms with Crippen LogP contribution in [0.5, 0.6) is 0 Å². The molecule has 2 N–H and O–H groups in total. The van der Waals surface area contributed by atoms with Crippen molar-refractivity contribution in [2.75, 3.05) is 11.9 Å². The summed E-state index contributed by atoms with van der Waals surface area (Å²) in [6.07, 6.45) is 0. The van der Waals surface area contributed by atoms with Gasteiger partial charge in [-0.25, -0.2) is 4.98 Å². The second-order valence-corrected chi connectivity index (χ2v) is 6.97. The Labute approximate surface area is 161 Å². The maximum atomic E-state index is 13.1. The van der Waals surface area contributed by atoms with Gasteiger partial charge in [0.1, 0.15) is 11.2 Å². The Morgan fingerprint density at radius 1 is 1.00 bits per heavy atom. The molecule has 0 saturated heterocycles. The molecule has 0 spiro atoms. The molecule has 0 unspecified atom stereocenters. The van der Waals surface area contributed by atoms with Crippen molar-refractivity contribution in [1.29, 1.82) is 0 Å². The van der Waals surface area contributed by atoms with Crippen LogP contribution in [0.3, 0.4) is 0 Å². The average molecular weight is 372 g/mol. The van der Waals surface area contributed by atoms with E-state index < -0.39 is 0 Å². The first kappa shape index (κ1) is 16.7. The molecule has 7 heteroatoms. The summed E-state index contributed by atoms with van der Waals surface area (Å²) in [6, 6.07) is 20.0. The molecule has 1 aliphatic heterocycles. The van der Waals surface area contributed by atoms with Gasteiger partial charge in [0.15, 0.2) is 11.5 Å². The highest BCUT2D eigenvalue weighted by Crippen LogP contribution is 2.22. The summed E-state index contributed by atoms with van der Waals surface area (Å²) >= 11 is 0. The molecule has 7 nitrogen and oxygen atoms in total. The summed E-state index contributed by atoms with van der Waals surface area (Å²) in [5, 5.41) is 10.9. The van der Waals surface area contributed by atoms with Crippen LogP contribution in [0.25, 0.3) is 11.0 Å². The second-order valence-electron chi connectivity index (χ2n) is 6.97. The Bertz CT molecular complexity index is 1170. The Hall–Kier alpha value is -3.45. The molecular weight excluding hydrogens is 352 g/mol. The molecule has 0 saturated carbocycles. The minimum atomic E-state index is -0.0495. The monoisotopic (exact) mass is 372 g/mol. The first-order valence-corrected chi connectivity index (χ1v) is 9.34. The van der Waals surface area contributed by atoms with Gasteiger partial charge in [-0.1, -0.05) is 48.5 Å². The molecule has 0 amide bonds. The van der Waals surface area contributed by atoms with Crippen LogP contribution in [0.2, 0.25) is 0 Å². The number of aromatic amines is 1. The van der Waals surface area contributed by atoms with Gasteiger partial charge < -0.3 is 5.32 Å². The molecule has 0 fully saturated rings. The standard InChI is InChI=1S/C21H20N6O/c28-21-18-19(22-16-9-5-2-6-10-16)24-25-20(18)23-17-14-26(11-12-27(17)21)13-15-7-3-1-4-8-15/h1-10H,11-14H2,(H2,22,24,25). The zero-order valence-electron chi connectivity index (χ0n) is 15.3. The Balaban J connectivity index is 1.46. The minimum absolute atomic E-state index is 0.0495. The van der Waals surface area contributed by atoms with Crippen molar-refractivity contribution in [3.05, 3.63) is 82.4 Å². The second kappa shape index (κ2) is 6.94. The Morgan fingerprint density at radius 3 is 2.54 bits per heavy atom. The number of aromatic nitrogens is 4. The lowest BCUT2D eigenvalue weighted by Gasteiger charge is -2.28. The summed E-state index contributed by atoms with van der Waals surface area (Å²) < 4.78 is 1.77. The number of hydrogen-bond donors (Lipinski definition) is 2. The molecule has 0 bridgehead atoms. The number of fused-ring (bicyclic) bond motifs is 2. The first-order valence-electron chi connectivity index (χ1n) is 9.34. The number of benzene rings is 2. The number of nitrogens with one attached hydrogen (secondary N) is 2. The molecule has 1 aliphatic rings. The molecular formula is C21H20N6O.